The zero-order valence-electron chi connectivity index (χ0n) is 21.5. The minimum Gasteiger partial charge on any atom is -0.389 e. The Morgan fingerprint density at radius 2 is 1.86 bits per heavy atom. The molecule has 4 N–H and O–H groups in total. The second-order valence-corrected chi connectivity index (χ2v) is 12.6. The van der Waals surface area contributed by atoms with Crippen molar-refractivity contribution in [3.8, 4) is 0 Å². The van der Waals surface area contributed by atoms with E-state index >= 15 is 0 Å². The van der Waals surface area contributed by atoms with Gasteiger partial charge in [0.2, 0.25) is 5.91 Å². The first-order valence-corrected chi connectivity index (χ1v) is 14.2. The van der Waals surface area contributed by atoms with Crippen LogP contribution in [0.15, 0.2) is 53.6 Å². The smallest absolute Gasteiger partial charge is 0.243 e. The average Bonchev–Trinajstić information content (AvgIpc) is 3.68. The molecule has 2 saturated carbocycles. The van der Waals surface area contributed by atoms with Crippen LogP contribution < -0.4 is 5.32 Å². The van der Waals surface area contributed by atoms with Crippen molar-refractivity contribution in [2.24, 2.45) is 11.3 Å². The number of carbonyl (C=O) groups is 1. The van der Waals surface area contributed by atoms with Gasteiger partial charge in [-0.15, -0.1) is 0 Å². The van der Waals surface area contributed by atoms with Crippen molar-refractivity contribution in [3.63, 3.8) is 0 Å². The molecule has 1 aromatic carbocycles. The van der Waals surface area contributed by atoms with Crippen LogP contribution in [0.4, 0.5) is 0 Å². The minimum absolute atomic E-state index is 0.0172. The van der Waals surface area contributed by atoms with Gasteiger partial charge in [0.15, 0.2) is 6.35 Å². The first-order chi connectivity index (χ1) is 17.8. The molecule has 6 atom stereocenters. The first kappa shape index (κ1) is 24.0. The van der Waals surface area contributed by atoms with Gasteiger partial charge in [0, 0.05) is 24.5 Å². The Morgan fingerprint density at radius 1 is 1.05 bits per heavy atom. The molecule has 198 valence electrons. The van der Waals surface area contributed by atoms with Crippen molar-refractivity contribution in [2.45, 2.75) is 94.0 Å². The molecule has 0 radical (unpaired) electrons. The van der Waals surface area contributed by atoms with Crippen molar-refractivity contribution in [1.82, 2.24) is 15.1 Å². The van der Waals surface area contributed by atoms with E-state index in [0.29, 0.717) is 32.2 Å². The second kappa shape index (κ2) is 8.48. The van der Waals surface area contributed by atoms with Crippen LogP contribution >= 0.6 is 0 Å². The molecular formula is C30H39N3O4. The van der Waals surface area contributed by atoms with E-state index in [0.717, 1.165) is 49.4 Å². The van der Waals surface area contributed by atoms with E-state index in [2.05, 4.69) is 16.3 Å². The normalized spacial score (nSPS) is 41.9. The largest absolute Gasteiger partial charge is 0.389 e. The third-order valence-electron chi connectivity index (χ3n) is 10.6. The molecule has 7 nitrogen and oxygen atoms in total. The molecule has 6 aliphatic rings. The van der Waals surface area contributed by atoms with Gasteiger partial charge in [-0.1, -0.05) is 48.1 Å². The lowest BCUT2D eigenvalue weighted by Gasteiger charge is -2.63. The number of rotatable bonds is 4. The fourth-order valence-corrected chi connectivity index (χ4v) is 8.67. The number of aliphatic hydroxyl groups is 3. The van der Waals surface area contributed by atoms with Crippen molar-refractivity contribution in [3.05, 3.63) is 59.2 Å². The summed E-state index contributed by atoms with van der Waals surface area (Å²) in [4.78, 5) is 18.2. The molecule has 4 aliphatic carbocycles. The zero-order valence-corrected chi connectivity index (χ0v) is 21.5. The fraction of sp³-hybridized carbons (Fsp3) is 0.633. The number of hydrogen-bond acceptors (Lipinski definition) is 6. The zero-order chi connectivity index (χ0) is 25.4. The van der Waals surface area contributed by atoms with E-state index in [1.807, 2.05) is 41.3 Å². The summed E-state index contributed by atoms with van der Waals surface area (Å²) < 4.78 is 0. The molecule has 7 rings (SSSR count). The van der Waals surface area contributed by atoms with Crippen LogP contribution in [0.25, 0.3) is 0 Å². The van der Waals surface area contributed by atoms with Gasteiger partial charge in [0.25, 0.3) is 0 Å². The van der Waals surface area contributed by atoms with E-state index in [1.165, 1.54) is 18.4 Å². The van der Waals surface area contributed by atoms with Crippen molar-refractivity contribution >= 4 is 5.91 Å². The summed E-state index contributed by atoms with van der Waals surface area (Å²) in [6, 6.07) is 10.0. The summed E-state index contributed by atoms with van der Waals surface area (Å²) in [5.41, 5.74) is 0.975. The van der Waals surface area contributed by atoms with Crippen LogP contribution in [0, 0.1) is 11.3 Å². The number of carbonyl (C=O) groups excluding carboxylic acids is 1. The standard InChI is InChI=1S/C30H39N3O4/c34-23-10-9-22-15-25-30(37)13-12-29(26(35)31-27(36)33(29)18-20-5-2-1-3-6-20)19-28(30,24(22)16-23)11-4-14-32(25)17-21-7-8-21/h1-3,5-6,9-10,21,23,25,27,34,36-37H,4,7-8,11-19H2,(H,31,35)/t23?,25-,27?,28-,29+,30-/m1/s1. The molecule has 2 saturated heterocycles. The highest BCUT2D eigenvalue weighted by Crippen LogP contribution is 2.65. The highest BCUT2D eigenvalue weighted by molar-refractivity contribution is 5.89. The van der Waals surface area contributed by atoms with E-state index in [1.54, 1.807) is 0 Å². The monoisotopic (exact) mass is 505 g/mol. The van der Waals surface area contributed by atoms with Crippen LogP contribution in [0.5, 0.6) is 0 Å². The number of nitrogens with one attached hydrogen (secondary N) is 1. The summed E-state index contributed by atoms with van der Waals surface area (Å²) in [6.07, 6.45) is 9.49. The van der Waals surface area contributed by atoms with Crippen molar-refractivity contribution in [1.29, 1.82) is 0 Å². The minimum atomic E-state index is -1.06. The van der Waals surface area contributed by atoms with Crippen LogP contribution in [0.1, 0.15) is 63.4 Å². The molecule has 2 bridgehead atoms. The molecule has 1 amide bonds. The predicted molar refractivity (Wildman–Crippen MR) is 139 cm³/mol. The number of hydrogen-bond donors (Lipinski definition) is 4. The SMILES string of the molecule is O=C1NC(O)N(Cc2ccccc2)[C@]12CC[C@@]1(O)[C@H]3CC4=C(CC(O)C=C4)[C@@]1(CCCN3CC1CC1)C2. The Balaban J connectivity index is 1.34. The molecule has 0 aromatic heterocycles. The second-order valence-electron chi connectivity index (χ2n) is 12.6. The summed E-state index contributed by atoms with van der Waals surface area (Å²) in [6.45, 7) is 2.47. The highest BCUT2D eigenvalue weighted by atomic mass is 16.3. The van der Waals surface area contributed by atoms with Gasteiger partial charge in [-0.25, -0.2) is 4.90 Å². The van der Waals surface area contributed by atoms with Crippen LogP contribution in [-0.4, -0.2) is 73.8 Å². The van der Waals surface area contributed by atoms with Gasteiger partial charge in [-0.05, 0) is 81.4 Å². The molecule has 2 unspecified atom stereocenters. The third kappa shape index (κ3) is 3.54. The van der Waals surface area contributed by atoms with Gasteiger partial charge in [0.1, 0.15) is 5.54 Å². The Kier molecular flexibility index (Phi) is 5.51. The lowest BCUT2D eigenvalue weighted by atomic mass is 9.47. The fourth-order valence-electron chi connectivity index (χ4n) is 8.67. The molecule has 1 spiro atoms. The van der Waals surface area contributed by atoms with Crippen LogP contribution in [0.2, 0.25) is 0 Å². The van der Waals surface area contributed by atoms with E-state index in [9.17, 15) is 20.1 Å². The maximum Gasteiger partial charge on any atom is 0.243 e. The number of allylic oxidation sites excluding steroid dienone is 1. The van der Waals surface area contributed by atoms with Gasteiger partial charge in [-0.2, -0.15) is 0 Å². The van der Waals surface area contributed by atoms with Crippen molar-refractivity contribution < 1.29 is 20.1 Å². The quantitative estimate of drug-likeness (QED) is 0.502. The lowest BCUT2D eigenvalue weighted by Crippen LogP contribution is -2.70. The Morgan fingerprint density at radius 3 is 2.65 bits per heavy atom. The Hall–Kier alpha value is -2.03. The first-order valence-electron chi connectivity index (χ1n) is 14.2. The third-order valence-corrected chi connectivity index (χ3v) is 10.6. The molecule has 7 heteroatoms. The number of amides is 1. The molecular weight excluding hydrogens is 466 g/mol. The molecule has 37 heavy (non-hydrogen) atoms. The van der Waals surface area contributed by atoms with Gasteiger partial charge >= 0.3 is 0 Å². The van der Waals surface area contributed by atoms with Crippen LogP contribution in [0.3, 0.4) is 0 Å². The predicted octanol–water partition coefficient (Wildman–Crippen LogP) is 2.43. The maximum atomic E-state index is 13.7. The van der Waals surface area contributed by atoms with Gasteiger partial charge in [-0.3, -0.25) is 9.69 Å². The summed E-state index contributed by atoms with van der Waals surface area (Å²) in [7, 11) is 0. The lowest BCUT2D eigenvalue weighted by molar-refractivity contribution is -0.185. The van der Waals surface area contributed by atoms with Crippen molar-refractivity contribution in [2.75, 3.05) is 13.1 Å². The topological polar surface area (TPSA) is 96.3 Å². The molecule has 2 heterocycles. The van der Waals surface area contributed by atoms with E-state index in [-0.39, 0.29) is 11.9 Å². The molecule has 1 aromatic rings. The highest BCUT2D eigenvalue weighted by Gasteiger charge is 2.70. The number of nitrogens with zero attached hydrogens (tertiary/aromatic N) is 2. The van der Waals surface area contributed by atoms with E-state index < -0.39 is 29.0 Å². The summed E-state index contributed by atoms with van der Waals surface area (Å²) >= 11 is 0. The van der Waals surface area contributed by atoms with E-state index in [4.69, 9.17) is 0 Å². The Labute approximate surface area is 218 Å². The molecule has 4 fully saturated rings. The molecule has 2 aliphatic heterocycles. The van der Waals surface area contributed by atoms with Gasteiger partial charge < -0.3 is 20.6 Å². The van der Waals surface area contributed by atoms with Gasteiger partial charge in [0.05, 0.1) is 11.7 Å². The summed E-state index contributed by atoms with van der Waals surface area (Å²) in [5, 5.41) is 37.5. The number of aliphatic hydroxyl groups excluding tert-OH is 2. The van der Waals surface area contributed by atoms with Crippen LogP contribution in [-0.2, 0) is 11.3 Å². The average molecular weight is 506 g/mol. The summed E-state index contributed by atoms with van der Waals surface area (Å²) in [5.74, 6) is 0.602. The number of benzene rings is 1. The maximum absolute atomic E-state index is 13.7. The Bertz CT molecular complexity index is 1150. The number of likely N-dealkylation sites (tertiary alicyclic amines) is 1.